The van der Waals surface area contributed by atoms with Crippen LogP contribution in [0.3, 0.4) is 0 Å². The van der Waals surface area contributed by atoms with Crippen molar-refractivity contribution in [2.24, 2.45) is 0 Å². The largest absolute Gasteiger partial charge is 0.354 e. The second-order valence-corrected chi connectivity index (χ2v) is 7.11. The Kier molecular flexibility index (Phi) is 7.12. The molecule has 1 atom stereocenters. The van der Waals surface area contributed by atoms with Crippen molar-refractivity contribution in [2.45, 2.75) is 18.8 Å². The van der Waals surface area contributed by atoms with Crippen molar-refractivity contribution in [2.75, 3.05) is 25.7 Å². The Morgan fingerprint density at radius 2 is 1.79 bits per heavy atom. The van der Waals surface area contributed by atoms with Crippen LogP contribution >= 0.6 is 0 Å². The lowest BCUT2D eigenvalue weighted by Crippen LogP contribution is -2.49. The van der Waals surface area contributed by atoms with Crippen LogP contribution in [0, 0.1) is 21.4 Å². The van der Waals surface area contributed by atoms with Crippen LogP contribution in [0.1, 0.15) is 22.3 Å². The summed E-state index contributed by atoms with van der Waals surface area (Å²) in [6, 6.07) is 11.7. The molecule has 2 aromatic rings. The van der Waals surface area contributed by atoms with E-state index in [4.69, 9.17) is 14.7 Å². The maximum absolute atomic E-state index is 13.3. The topological polar surface area (TPSA) is 143 Å². The van der Waals surface area contributed by atoms with Gasteiger partial charge in [0.05, 0.1) is 35.2 Å². The summed E-state index contributed by atoms with van der Waals surface area (Å²) in [5.74, 6) is -1.75. The van der Waals surface area contributed by atoms with Gasteiger partial charge in [0.25, 0.3) is 17.5 Å². The highest BCUT2D eigenvalue weighted by Gasteiger charge is 2.45. The maximum atomic E-state index is 13.3. The standard InChI is InChI=1S/C22H20N4O7/c1-32-20(33-2)13-24(21(28)15-5-9-17(10-6-15)26(30)31)18-11-19(27)25(22(18)29)16-7-3-14(12-23)4-8-16/h3-10,18,20H,11,13H2,1-2H3. The highest BCUT2D eigenvalue weighted by atomic mass is 16.7. The van der Waals surface area contributed by atoms with E-state index >= 15 is 0 Å². The second kappa shape index (κ2) is 9.99. The van der Waals surface area contributed by atoms with E-state index in [2.05, 4.69) is 0 Å². The SMILES string of the molecule is COC(CN(C(=O)c1ccc([N+](=O)[O-])cc1)C1CC(=O)N(c2ccc(C#N)cc2)C1=O)OC. The molecule has 1 aliphatic heterocycles. The Hall–Kier alpha value is -4.14. The molecule has 33 heavy (non-hydrogen) atoms. The minimum Gasteiger partial charge on any atom is -0.354 e. The predicted molar refractivity (Wildman–Crippen MR) is 114 cm³/mol. The summed E-state index contributed by atoms with van der Waals surface area (Å²) in [5.41, 5.74) is 0.559. The number of amides is 3. The number of anilines is 1. The normalized spacial score (nSPS) is 15.6. The van der Waals surface area contributed by atoms with Crippen LogP contribution in [-0.2, 0) is 19.1 Å². The number of hydrogen-bond acceptors (Lipinski definition) is 8. The minimum atomic E-state index is -1.14. The summed E-state index contributed by atoms with van der Waals surface area (Å²) in [6.07, 6.45) is -1.14. The predicted octanol–water partition coefficient (Wildman–Crippen LogP) is 1.86. The fourth-order valence-corrected chi connectivity index (χ4v) is 3.46. The van der Waals surface area contributed by atoms with Gasteiger partial charge < -0.3 is 14.4 Å². The van der Waals surface area contributed by atoms with Gasteiger partial charge in [-0.15, -0.1) is 0 Å². The molecule has 0 N–H and O–H groups in total. The van der Waals surface area contributed by atoms with Gasteiger partial charge >= 0.3 is 0 Å². The molecule has 0 bridgehead atoms. The van der Waals surface area contributed by atoms with Gasteiger partial charge in [-0.3, -0.25) is 24.5 Å². The molecule has 0 spiro atoms. The zero-order valence-corrected chi connectivity index (χ0v) is 17.8. The summed E-state index contributed by atoms with van der Waals surface area (Å²) < 4.78 is 10.4. The first-order valence-electron chi connectivity index (χ1n) is 9.78. The van der Waals surface area contributed by atoms with Gasteiger partial charge in [0.1, 0.15) is 6.04 Å². The quantitative estimate of drug-likeness (QED) is 0.256. The number of carbonyl (C=O) groups excluding carboxylic acids is 3. The van der Waals surface area contributed by atoms with Crippen LogP contribution in [-0.4, -0.2) is 60.6 Å². The molecule has 11 nitrogen and oxygen atoms in total. The molecule has 0 saturated carbocycles. The smallest absolute Gasteiger partial charge is 0.269 e. The van der Waals surface area contributed by atoms with E-state index in [1.807, 2.05) is 6.07 Å². The van der Waals surface area contributed by atoms with E-state index in [9.17, 15) is 24.5 Å². The number of non-ortho nitro benzene ring substituents is 1. The molecule has 0 aromatic heterocycles. The van der Waals surface area contributed by atoms with Gasteiger partial charge in [0.2, 0.25) is 5.91 Å². The van der Waals surface area contributed by atoms with Crippen LogP contribution in [0.5, 0.6) is 0 Å². The Labute approximate surface area is 188 Å². The Balaban J connectivity index is 1.93. The number of benzene rings is 2. The van der Waals surface area contributed by atoms with E-state index in [0.29, 0.717) is 5.56 Å². The zero-order valence-electron chi connectivity index (χ0n) is 17.8. The molecule has 1 aliphatic rings. The third-order valence-corrected chi connectivity index (χ3v) is 5.21. The summed E-state index contributed by atoms with van der Waals surface area (Å²) in [7, 11) is 2.74. The molecule has 1 saturated heterocycles. The average molecular weight is 452 g/mol. The number of nitro groups is 1. The summed E-state index contributed by atoms with van der Waals surface area (Å²) >= 11 is 0. The van der Waals surface area contributed by atoms with Crippen LogP contribution in [0.2, 0.25) is 0 Å². The van der Waals surface area contributed by atoms with Gasteiger partial charge in [-0.1, -0.05) is 0 Å². The number of nitriles is 1. The van der Waals surface area contributed by atoms with E-state index in [0.717, 1.165) is 4.90 Å². The number of methoxy groups -OCH3 is 2. The maximum Gasteiger partial charge on any atom is 0.269 e. The van der Waals surface area contributed by atoms with Gasteiger partial charge in [-0.2, -0.15) is 5.26 Å². The van der Waals surface area contributed by atoms with Crippen molar-refractivity contribution in [3.63, 3.8) is 0 Å². The third-order valence-electron chi connectivity index (χ3n) is 5.21. The number of carbonyl (C=O) groups is 3. The highest BCUT2D eigenvalue weighted by Crippen LogP contribution is 2.27. The first kappa shape index (κ1) is 23.5. The van der Waals surface area contributed by atoms with Crippen LogP contribution in [0.25, 0.3) is 0 Å². The minimum absolute atomic E-state index is 0.101. The summed E-state index contributed by atoms with van der Waals surface area (Å²) in [6.45, 7) is -0.159. The molecule has 0 radical (unpaired) electrons. The van der Waals surface area contributed by atoms with Crippen LogP contribution in [0.15, 0.2) is 48.5 Å². The van der Waals surface area contributed by atoms with Crippen molar-refractivity contribution < 1.29 is 28.8 Å². The average Bonchev–Trinajstić information content (AvgIpc) is 3.13. The Morgan fingerprint density at radius 3 is 2.30 bits per heavy atom. The number of nitro benzene ring substituents is 1. The van der Waals surface area contributed by atoms with Crippen molar-refractivity contribution >= 4 is 29.1 Å². The number of imide groups is 1. The fraction of sp³-hybridized carbons (Fsp3) is 0.273. The van der Waals surface area contributed by atoms with Gasteiger partial charge in [-0.25, -0.2) is 4.90 Å². The first-order chi connectivity index (χ1) is 15.8. The van der Waals surface area contributed by atoms with Crippen molar-refractivity contribution in [1.29, 1.82) is 5.26 Å². The third kappa shape index (κ3) is 4.87. The van der Waals surface area contributed by atoms with E-state index in [1.54, 1.807) is 0 Å². The molecule has 0 aliphatic carbocycles. The van der Waals surface area contributed by atoms with Crippen molar-refractivity contribution in [3.05, 3.63) is 69.8 Å². The van der Waals surface area contributed by atoms with Crippen molar-refractivity contribution in [1.82, 2.24) is 4.90 Å². The van der Waals surface area contributed by atoms with E-state index in [1.165, 1.54) is 67.7 Å². The Bertz CT molecular complexity index is 1110. The molecule has 1 unspecified atom stereocenters. The van der Waals surface area contributed by atoms with E-state index < -0.39 is 35.0 Å². The molecule has 3 rings (SSSR count). The summed E-state index contributed by atoms with van der Waals surface area (Å²) in [4.78, 5) is 51.7. The van der Waals surface area contributed by atoms with Gasteiger partial charge in [-0.05, 0) is 36.4 Å². The Morgan fingerprint density at radius 1 is 1.18 bits per heavy atom. The number of rotatable bonds is 8. The lowest BCUT2D eigenvalue weighted by atomic mass is 10.1. The monoisotopic (exact) mass is 452 g/mol. The molecule has 3 amide bonds. The van der Waals surface area contributed by atoms with Crippen molar-refractivity contribution in [3.8, 4) is 6.07 Å². The van der Waals surface area contributed by atoms with Gasteiger partial charge in [0, 0.05) is 31.9 Å². The highest BCUT2D eigenvalue weighted by molar-refractivity contribution is 6.23. The molecule has 1 fully saturated rings. The molecule has 11 heteroatoms. The number of ether oxygens (including phenoxy) is 2. The van der Waals surface area contributed by atoms with Crippen LogP contribution < -0.4 is 4.90 Å². The number of hydrogen-bond donors (Lipinski definition) is 0. The molecule has 2 aromatic carbocycles. The fourth-order valence-electron chi connectivity index (χ4n) is 3.46. The number of nitrogens with zero attached hydrogens (tertiary/aromatic N) is 4. The lowest BCUT2D eigenvalue weighted by Gasteiger charge is -2.30. The molecular weight excluding hydrogens is 432 g/mol. The second-order valence-electron chi connectivity index (χ2n) is 7.11. The summed E-state index contributed by atoms with van der Waals surface area (Å²) in [5, 5.41) is 19.9. The lowest BCUT2D eigenvalue weighted by molar-refractivity contribution is -0.384. The molecule has 170 valence electrons. The van der Waals surface area contributed by atoms with Gasteiger partial charge in [0.15, 0.2) is 6.29 Å². The zero-order chi connectivity index (χ0) is 24.1. The molecule has 1 heterocycles. The first-order valence-corrected chi connectivity index (χ1v) is 9.78. The molecular formula is C22H20N4O7. The van der Waals surface area contributed by atoms with Crippen LogP contribution in [0.4, 0.5) is 11.4 Å². The van der Waals surface area contributed by atoms with E-state index in [-0.39, 0.29) is 29.9 Å².